The number of aliphatic carboxylic acids is 1. The maximum atomic E-state index is 12.7. The minimum Gasteiger partial charge on any atom is -0.480 e. The molecule has 0 saturated heterocycles. The van der Waals surface area contributed by atoms with Crippen molar-refractivity contribution in [3.63, 3.8) is 0 Å². The van der Waals surface area contributed by atoms with E-state index in [1.165, 1.54) is 0 Å². The molecule has 0 spiro atoms. The van der Waals surface area contributed by atoms with Gasteiger partial charge in [-0.15, -0.1) is 0 Å². The van der Waals surface area contributed by atoms with Crippen LogP contribution >= 0.6 is 0 Å². The summed E-state index contributed by atoms with van der Waals surface area (Å²) >= 11 is 0. The second-order valence-corrected chi connectivity index (χ2v) is 8.16. The topological polar surface area (TPSA) is 105 Å². The normalized spacial score (nSPS) is 16.9. The lowest BCUT2D eigenvalue weighted by Crippen LogP contribution is -2.64. The van der Waals surface area contributed by atoms with Gasteiger partial charge in [0.2, 0.25) is 5.91 Å². The second-order valence-electron chi connectivity index (χ2n) is 8.16. The first-order valence-electron chi connectivity index (χ1n) is 10.6. The summed E-state index contributed by atoms with van der Waals surface area (Å²) in [7, 11) is 0. The highest BCUT2D eigenvalue weighted by atomic mass is 16.5. The fourth-order valence-electron chi connectivity index (χ4n) is 4.40. The van der Waals surface area contributed by atoms with Crippen LogP contribution in [-0.2, 0) is 14.3 Å². The third-order valence-electron chi connectivity index (χ3n) is 6.34. The van der Waals surface area contributed by atoms with Crippen molar-refractivity contribution >= 4 is 18.0 Å². The van der Waals surface area contributed by atoms with E-state index in [-0.39, 0.29) is 18.9 Å². The van der Waals surface area contributed by atoms with Crippen molar-refractivity contribution in [2.75, 3.05) is 6.61 Å². The van der Waals surface area contributed by atoms with Crippen LogP contribution in [0.3, 0.4) is 0 Å². The summed E-state index contributed by atoms with van der Waals surface area (Å²) in [5.41, 5.74) is 3.40. The summed E-state index contributed by atoms with van der Waals surface area (Å²) in [6.45, 7) is 1.84. The summed E-state index contributed by atoms with van der Waals surface area (Å²) in [6.07, 6.45) is 1.29. The van der Waals surface area contributed by atoms with Crippen LogP contribution in [0, 0.1) is 0 Å². The van der Waals surface area contributed by atoms with E-state index in [2.05, 4.69) is 22.8 Å². The van der Waals surface area contributed by atoms with Gasteiger partial charge in [0.25, 0.3) is 0 Å². The van der Waals surface area contributed by atoms with Gasteiger partial charge in [-0.1, -0.05) is 55.5 Å². The third-order valence-corrected chi connectivity index (χ3v) is 6.34. The molecular formula is C24H26N2O5. The van der Waals surface area contributed by atoms with Crippen molar-refractivity contribution < 1.29 is 24.2 Å². The summed E-state index contributed by atoms with van der Waals surface area (Å²) in [5.74, 6) is -1.63. The SMILES string of the molecule is CC[C@H](NC(=O)C1(NC(=O)OCC2c3ccccc3-c3ccccc32)CCC1)C(=O)O. The molecule has 1 saturated carbocycles. The summed E-state index contributed by atoms with van der Waals surface area (Å²) in [4.78, 5) is 36.5. The number of fused-ring (bicyclic) bond motifs is 3. The maximum Gasteiger partial charge on any atom is 0.408 e. The van der Waals surface area contributed by atoms with Crippen LogP contribution in [0.15, 0.2) is 48.5 Å². The van der Waals surface area contributed by atoms with Crippen LogP contribution in [0.1, 0.15) is 49.7 Å². The molecule has 0 radical (unpaired) electrons. The fourth-order valence-corrected chi connectivity index (χ4v) is 4.40. The van der Waals surface area contributed by atoms with Crippen LogP contribution in [0.4, 0.5) is 4.79 Å². The predicted molar refractivity (Wildman–Crippen MR) is 115 cm³/mol. The Morgan fingerprint density at radius 2 is 1.65 bits per heavy atom. The molecular weight excluding hydrogens is 396 g/mol. The molecule has 2 aliphatic rings. The predicted octanol–water partition coefficient (Wildman–Crippen LogP) is 3.43. The summed E-state index contributed by atoms with van der Waals surface area (Å²) in [6, 6.07) is 15.2. The Hall–Kier alpha value is -3.35. The minimum atomic E-state index is -1.11. The second kappa shape index (κ2) is 8.41. The molecule has 2 amide bonds. The molecule has 0 aliphatic heterocycles. The van der Waals surface area contributed by atoms with Crippen molar-refractivity contribution in [1.82, 2.24) is 10.6 Å². The Morgan fingerprint density at radius 1 is 1.06 bits per heavy atom. The number of benzene rings is 2. The number of carboxylic acid groups (broad SMARTS) is 1. The number of alkyl carbamates (subject to hydrolysis) is 1. The molecule has 0 bridgehead atoms. The first-order chi connectivity index (χ1) is 14.9. The number of carbonyl (C=O) groups excluding carboxylic acids is 2. The van der Waals surface area contributed by atoms with Crippen LogP contribution in [0.5, 0.6) is 0 Å². The Balaban J connectivity index is 1.42. The van der Waals surface area contributed by atoms with Crippen LogP contribution in [0.2, 0.25) is 0 Å². The van der Waals surface area contributed by atoms with Crippen molar-refractivity contribution in [3.8, 4) is 11.1 Å². The number of carbonyl (C=O) groups is 3. The van der Waals surface area contributed by atoms with Gasteiger partial charge in [0.1, 0.15) is 18.2 Å². The summed E-state index contributed by atoms with van der Waals surface area (Å²) < 4.78 is 5.55. The first kappa shape index (κ1) is 20.9. The zero-order chi connectivity index (χ0) is 22.0. The smallest absolute Gasteiger partial charge is 0.408 e. The van der Waals surface area contributed by atoms with E-state index in [0.29, 0.717) is 12.8 Å². The van der Waals surface area contributed by atoms with E-state index in [1.54, 1.807) is 6.92 Å². The molecule has 2 aliphatic carbocycles. The average Bonchev–Trinajstić information content (AvgIpc) is 3.06. The molecule has 7 heteroatoms. The number of amides is 2. The molecule has 4 rings (SSSR count). The fraction of sp³-hybridized carbons (Fsp3) is 0.375. The standard InChI is InChI=1S/C24H26N2O5/c1-2-20(21(27)28)25-22(29)24(12-7-13-24)26-23(30)31-14-19-17-10-5-3-8-15(17)16-9-4-6-11-18(16)19/h3-6,8-11,19-20H,2,7,12-14H2,1H3,(H,25,29)(H,26,30)(H,27,28)/t20-/m0/s1. The lowest BCUT2D eigenvalue weighted by Gasteiger charge is -2.40. The molecule has 31 heavy (non-hydrogen) atoms. The number of ether oxygens (including phenoxy) is 1. The van der Waals surface area contributed by atoms with Crippen molar-refractivity contribution in [1.29, 1.82) is 0 Å². The average molecular weight is 422 g/mol. The van der Waals surface area contributed by atoms with E-state index in [0.717, 1.165) is 28.7 Å². The highest BCUT2D eigenvalue weighted by Gasteiger charge is 2.47. The van der Waals surface area contributed by atoms with Gasteiger partial charge in [0, 0.05) is 5.92 Å². The van der Waals surface area contributed by atoms with Crippen molar-refractivity contribution in [2.24, 2.45) is 0 Å². The minimum absolute atomic E-state index is 0.0687. The molecule has 0 heterocycles. The van der Waals surface area contributed by atoms with Gasteiger partial charge >= 0.3 is 12.1 Å². The molecule has 1 atom stereocenters. The third kappa shape index (κ3) is 3.87. The number of carboxylic acids is 1. The number of rotatable bonds is 7. The van der Waals surface area contributed by atoms with E-state index in [9.17, 15) is 19.5 Å². The number of nitrogens with one attached hydrogen (secondary N) is 2. The molecule has 3 N–H and O–H groups in total. The van der Waals surface area contributed by atoms with E-state index in [1.807, 2.05) is 36.4 Å². The quantitative estimate of drug-likeness (QED) is 0.634. The first-order valence-corrected chi connectivity index (χ1v) is 10.6. The van der Waals surface area contributed by atoms with Crippen LogP contribution < -0.4 is 10.6 Å². The highest BCUT2D eigenvalue weighted by molar-refractivity contribution is 5.93. The van der Waals surface area contributed by atoms with Crippen molar-refractivity contribution in [2.45, 2.75) is 50.1 Å². The number of hydrogen-bond acceptors (Lipinski definition) is 4. The summed E-state index contributed by atoms with van der Waals surface area (Å²) in [5, 5.41) is 14.4. The van der Waals surface area contributed by atoms with Gasteiger partial charge in [-0.3, -0.25) is 4.79 Å². The van der Waals surface area contributed by atoms with Gasteiger partial charge in [0.15, 0.2) is 0 Å². The molecule has 1 fully saturated rings. The Morgan fingerprint density at radius 3 is 2.13 bits per heavy atom. The van der Waals surface area contributed by atoms with E-state index >= 15 is 0 Å². The Bertz CT molecular complexity index is 969. The monoisotopic (exact) mass is 422 g/mol. The maximum absolute atomic E-state index is 12.7. The van der Waals surface area contributed by atoms with Crippen molar-refractivity contribution in [3.05, 3.63) is 59.7 Å². The lowest BCUT2D eigenvalue weighted by atomic mass is 9.76. The molecule has 7 nitrogen and oxygen atoms in total. The van der Waals surface area contributed by atoms with Crippen LogP contribution in [0.25, 0.3) is 11.1 Å². The van der Waals surface area contributed by atoms with E-state index in [4.69, 9.17) is 4.74 Å². The van der Waals surface area contributed by atoms with Gasteiger partial charge in [-0.25, -0.2) is 9.59 Å². The van der Waals surface area contributed by atoms with Crippen LogP contribution in [-0.4, -0.2) is 41.3 Å². The Kier molecular flexibility index (Phi) is 5.67. The largest absolute Gasteiger partial charge is 0.480 e. The van der Waals surface area contributed by atoms with Gasteiger partial charge in [-0.2, -0.15) is 0 Å². The Labute approximate surface area is 180 Å². The number of hydrogen-bond donors (Lipinski definition) is 3. The molecule has 0 aromatic heterocycles. The zero-order valence-electron chi connectivity index (χ0n) is 17.4. The van der Waals surface area contributed by atoms with Gasteiger partial charge in [0.05, 0.1) is 0 Å². The lowest BCUT2D eigenvalue weighted by molar-refractivity contribution is -0.143. The highest BCUT2D eigenvalue weighted by Crippen LogP contribution is 2.44. The molecule has 2 aromatic rings. The van der Waals surface area contributed by atoms with Gasteiger partial charge in [-0.05, 0) is 47.9 Å². The molecule has 162 valence electrons. The molecule has 0 unspecified atom stereocenters. The zero-order valence-corrected chi connectivity index (χ0v) is 17.4. The van der Waals surface area contributed by atoms with Gasteiger partial charge < -0.3 is 20.5 Å². The van der Waals surface area contributed by atoms with E-state index < -0.39 is 29.6 Å². The molecule has 2 aromatic carbocycles.